The topological polar surface area (TPSA) is 50.4 Å². The summed E-state index contributed by atoms with van der Waals surface area (Å²) in [5.41, 5.74) is 2.35. The summed E-state index contributed by atoms with van der Waals surface area (Å²) in [5.74, 6) is 3.30. The van der Waals surface area contributed by atoms with Gasteiger partial charge in [-0.3, -0.25) is 4.90 Å². The van der Waals surface area contributed by atoms with Gasteiger partial charge < -0.3 is 14.5 Å². The molecule has 0 saturated carbocycles. The maximum atomic E-state index is 5.37. The second-order valence-corrected chi connectivity index (χ2v) is 6.25. The van der Waals surface area contributed by atoms with Crippen LogP contribution in [0.2, 0.25) is 0 Å². The molecule has 0 aliphatic carbocycles. The van der Waals surface area contributed by atoms with E-state index in [1.165, 1.54) is 18.4 Å². The van der Waals surface area contributed by atoms with Crippen molar-refractivity contribution in [3.63, 3.8) is 0 Å². The number of methoxy groups -OCH3 is 2. The van der Waals surface area contributed by atoms with Crippen molar-refractivity contribution in [2.75, 3.05) is 27.3 Å². The normalized spacial score (nSPS) is 18.8. The van der Waals surface area contributed by atoms with Crippen LogP contribution >= 0.6 is 0 Å². The number of likely N-dealkylation sites (tertiary alicyclic amines) is 1. The molecule has 0 spiro atoms. The van der Waals surface area contributed by atoms with Crippen molar-refractivity contribution >= 4 is 0 Å². The highest BCUT2D eigenvalue weighted by molar-refractivity contribution is 5.38. The number of H-pyrrole nitrogens is 1. The first-order valence-electron chi connectivity index (χ1n) is 8.13. The molecule has 1 N–H and O–H groups in total. The molecule has 2 heterocycles. The van der Waals surface area contributed by atoms with E-state index in [0.717, 1.165) is 42.7 Å². The Balaban J connectivity index is 1.70. The smallest absolute Gasteiger partial charge is 0.122 e. The van der Waals surface area contributed by atoms with Gasteiger partial charge in [0.05, 0.1) is 14.2 Å². The van der Waals surface area contributed by atoms with Crippen LogP contribution in [0.4, 0.5) is 0 Å². The van der Waals surface area contributed by atoms with Crippen molar-refractivity contribution in [3.05, 3.63) is 41.5 Å². The van der Waals surface area contributed by atoms with E-state index in [9.17, 15) is 0 Å². The van der Waals surface area contributed by atoms with Crippen LogP contribution in [-0.2, 0) is 6.54 Å². The van der Waals surface area contributed by atoms with Crippen LogP contribution in [-0.4, -0.2) is 42.2 Å². The summed E-state index contributed by atoms with van der Waals surface area (Å²) in [6.45, 7) is 5.12. The van der Waals surface area contributed by atoms with E-state index in [0.29, 0.717) is 5.92 Å². The number of piperidine rings is 1. The lowest BCUT2D eigenvalue weighted by molar-refractivity contribution is 0.196. The number of rotatable bonds is 5. The van der Waals surface area contributed by atoms with Gasteiger partial charge in [-0.05, 0) is 44.0 Å². The average molecular weight is 315 g/mol. The number of imidazole rings is 1. The fraction of sp³-hybridized carbons (Fsp3) is 0.500. The van der Waals surface area contributed by atoms with Gasteiger partial charge in [0.15, 0.2) is 0 Å². The molecule has 0 bridgehead atoms. The predicted molar refractivity (Wildman–Crippen MR) is 90.1 cm³/mol. The Morgan fingerprint density at radius 1 is 1.22 bits per heavy atom. The Bertz CT molecular complexity index is 631. The Kier molecular flexibility index (Phi) is 4.86. The summed E-state index contributed by atoms with van der Waals surface area (Å²) < 4.78 is 10.7. The molecular formula is C18H25N3O2. The van der Waals surface area contributed by atoms with Crippen LogP contribution in [0.25, 0.3) is 0 Å². The van der Waals surface area contributed by atoms with Crippen LogP contribution < -0.4 is 9.47 Å². The number of aromatic amines is 1. The van der Waals surface area contributed by atoms with Crippen molar-refractivity contribution in [3.8, 4) is 11.5 Å². The van der Waals surface area contributed by atoms with E-state index < -0.39 is 0 Å². The Labute approximate surface area is 137 Å². The van der Waals surface area contributed by atoms with Crippen LogP contribution in [0, 0.1) is 6.92 Å². The number of aryl methyl sites for hydroxylation is 1. The van der Waals surface area contributed by atoms with Gasteiger partial charge in [-0.25, -0.2) is 4.98 Å². The summed E-state index contributed by atoms with van der Waals surface area (Å²) in [7, 11) is 3.38. The molecule has 0 unspecified atom stereocenters. The highest BCUT2D eigenvalue weighted by Crippen LogP contribution is 2.28. The van der Waals surface area contributed by atoms with Gasteiger partial charge in [-0.15, -0.1) is 0 Å². The minimum absolute atomic E-state index is 0.491. The van der Waals surface area contributed by atoms with Gasteiger partial charge in [0, 0.05) is 37.0 Å². The molecule has 23 heavy (non-hydrogen) atoms. The standard InChI is InChI=1S/C18H25N3O2/c1-13-10-19-18(20-13)15-5-4-6-21(12-15)11-14-7-16(22-2)9-17(8-14)23-3/h7-10,15H,4-6,11-12H2,1-3H3,(H,19,20)/t15-/m1/s1. The first-order valence-corrected chi connectivity index (χ1v) is 8.13. The monoisotopic (exact) mass is 315 g/mol. The molecule has 0 amide bonds. The fourth-order valence-electron chi connectivity index (χ4n) is 3.28. The summed E-state index contributed by atoms with van der Waals surface area (Å²) in [6.07, 6.45) is 4.32. The molecule has 1 saturated heterocycles. The average Bonchev–Trinajstić information content (AvgIpc) is 3.01. The predicted octanol–water partition coefficient (Wildman–Crippen LogP) is 3.11. The van der Waals surface area contributed by atoms with Crippen LogP contribution in [0.5, 0.6) is 11.5 Å². The number of benzene rings is 1. The number of ether oxygens (including phenoxy) is 2. The number of hydrogen-bond acceptors (Lipinski definition) is 4. The van der Waals surface area contributed by atoms with Gasteiger partial charge in [-0.2, -0.15) is 0 Å². The zero-order valence-electron chi connectivity index (χ0n) is 14.1. The van der Waals surface area contributed by atoms with Gasteiger partial charge >= 0.3 is 0 Å². The maximum absolute atomic E-state index is 5.37. The van der Waals surface area contributed by atoms with Gasteiger partial charge in [0.25, 0.3) is 0 Å². The quantitative estimate of drug-likeness (QED) is 0.921. The Morgan fingerprint density at radius 2 is 1.96 bits per heavy atom. The molecule has 2 aromatic rings. The van der Waals surface area contributed by atoms with E-state index in [2.05, 4.69) is 33.9 Å². The van der Waals surface area contributed by atoms with E-state index in [-0.39, 0.29) is 0 Å². The SMILES string of the molecule is COc1cc(CN2CCC[C@@H](c3ncc(C)[nH]3)C2)cc(OC)c1. The molecule has 1 fully saturated rings. The summed E-state index contributed by atoms with van der Waals surface area (Å²) in [5, 5.41) is 0. The molecule has 1 aliphatic rings. The zero-order valence-corrected chi connectivity index (χ0v) is 14.1. The summed E-state index contributed by atoms with van der Waals surface area (Å²) in [6, 6.07) is 6.08. The number of aromatic nitrogens is 2. The number of hydrogen-bond donors (Lipinski definition) is 1. The minimum Gasteiger partial charge on any atom is -0.497 e. The maximum Gasteiger partial charge on any atom is 0.122 e. The lowest BCUT2D eigenvalue weighted by Gasteiger charge is -2.32. The second-order valence-electron chi connectivity index (χ2n) is 6.25. The highest BCUT2D eigenvalue weighted by atomic mass is 16.5. The minimum atomic E-state index is 0.491. The number of nitrogens with zero attached hydrogens (tertiary/aromatic N) is 2. The van der Waals surface area contributed by atoms with Crippen molar-refractivity contribution < 1.29 is 9.47 Å². The van der Waals surface area contributed by atoms with Crippen molar-refractivity contribution in [1.82, 2.24) is 14.9 Å². The highest BCUT2D eigenvalue weighted by Gasteiger charge is 2.23. The van der Waals surface area contributed by atoms with Crippen LogP contribution in [0.3, 0.4) is 0 Å². The first-order chi connectivity index (χ1) is 11.2. The molecule has 1 aromatic heterocycles. The lowest BCUT2D eigenvalue weighted by atomic mass is 9.97. The van der Waals surface area contributed by atoms with E-state index in [1.54, 1.807) is 14.2 Å². The third-order valence-corrected chi connectivity index (χ3v) is 4.43. The van der Waals surface area contributed by atoms with Crippen molar-refractivity contribution in [1.29, 1.82) is 0 Å². The molecular weight excluding hydrogens is 290 g/mol. The first kappa shape index (κ1) is 15.9. The summed E-state index contributed by atoms with van der Waals surface area (Å²) >= 11 is 0. The molecule has 5 nitrogen and oxygen atoms in total. The third kappa shape index (κ3) is 3.85. The van der Waals surface area contributed by atoms with Crippen molar-refractivity contribution in [2.45, 2.75) is 32.2 Å². The molecule has 1 aromatic carbocycles. The summed E-state index contributed by atoms with van der Waals surface area (Å²) in [4.78, 5) is 10.4. The van der Waals surface area contributed by atoms with Crippen LogP contribution in [0.1, 0.15) is 35.8 Å². The van der Waals surface area contributed by atoms with Crippen LogP contribution in [0.15, 0.2) is 24.4 Å². The molecule has 124 valence electrons. The van der Waals surface area contributed by atoms with Crippen molar-refractivity contribution in [2.24, 2.45) is 0 Å². The largest absolute Gasteiger partial charge is 0.497 e. The number of nitrogens with one attached hydrogen (secondary N) is 1. The van der Waals surface area contributed by atoms with E-state index in [1.807, 2.05) is 12.3 Å². The second kappa shape index (κ2) is 7.04. The fourth-order valence-corrected chi connectivity index (χ4v) is 3.28. The molecule has 1 aliphatic heterocycles. The van der Waals surface area contributed by atoms with Gasteiger partial charge in [0.2, 0.25) is 0 Å². The van der Waals surface area contributed by atoms with E-state index >= 15 is 0 Å². The Morgan fingerprint density at radius 3 is 2.57 bits per heavy atom. The molecule has 1 atom stereocenters. The zero-order chi connectivity index (χ0) is 16.2. The van der Waals surface area contributed by atoms with Gasteiger partial charge in [-0.1, -0.05) is 0 Å². The third-order valence-electron chi connectivity index (χ3n) is 4.43. The molecule has 0 radical (unpaired) electrons. The molecule has 5 heteroatoms. The molecule has 3 rings (SSSR count). The van der Waals surface area contributed by atoms with E-state index in [4.69, 9.17) is 9.47 Å². The Hall–Kier alpha value is -2.01. The van der Waals surface area contributed by atoms with Gasteiger partial charge in [0.1, 0.15) is 17.3 Å². The lowest BCUT2D eigenvalue weighted by Crippen LogP contribution is -2.34.